The molecular formula is C14H20Al2O2. The van der Waals surface area contributed by atoms with Crippen LogP contribution in [0.5, 0.6) is 0 Å². The molecule has 2 bridgehead atoms. The Balaban J connectivity index is 2.26. The van der Waals surface area contributed by atoms with Gasteiger partial charge < -0.3 is 7.58 Å². The molecule has 0 aromatic carbocycles. The molecule has 94 valence electrons. The van der Waals surface area contributed by atoms with Crippen molar-refractivity contribution in [1.29, 1.82) is 0 Å². The van der Waals surface area contributed by atoms with Crippen LogP contribution in [-0.2, 0) is 7.58 Å². The van der Waals surface area contributed by atoms with Gasteiger partial charge in [-0.1, -0.05) is 32.6 Å². The summed E-state index contributed by atoms with van der Waals surface area (Å²) in [5, 5.41) is 0. The van der Waals surface area contributed by atoms with Gasteiger partial charge in [0.25, 0.3) is 0 Å². The maximum atomic E-state index is 5.85. The van der Waals surface area contributed by atoms with Crippen LogP contribution >= 0.6 is 0 Å². The summed E-state index contributed by atoms with van der Waals surface area (Å²) in [6.45, 7) is 7.77. The van der Waals surface area contributed by atoms with Crippen molar-refractivity contribution >= 4 is 33.2 Å². The highest BCUT2D eigenvalue weighted by Gasteiger charge is 2.68. The first-order valence-electron chi connectivity index (χ1n) is 6.63. The zero-order valence-electron chi connectivity index (χ0n) is 11.6. The largest absolute Gasteiger partial charge is 0.515 e. The third-order valence-electron chi connectivity index (χ3n) is 5.70. The van der Waals surface area contributed by atoms with Crippen molar-refractivity contribution in [3.8, 4) is 11.8 Å². The first-order valence-corrected chi connectivity index (χ1v) is 7.57. The molecule has 2 saturated carbocycles. The fraction of sp³-hybridized carbons (Fsp3) is 0.857. The standard InChI is InChI=1S/C14H20O2.2Al/c1-12(2)11-6-8-13(12,3)14(16,10-11)7-4-5-9-15;;/h11H,5-6,8-10H2,1-3H3;;/q-2;2*+1/t11-,13-,14-;;/m1../s1. The minimum absolute atomic E-state index is 0.154. The van der Waals surface area contributed by atoms with Crippen molar-refractivity contribution in [1.82, 2.24) is 0 Å². The lowest BCUT2D eigenvalue weighted by Gasteiger charge is -2.46. The SMILES string of the molecule is CC1(C)[C@@H]2CC[C@@]1(C)[C@](C#CCC[O][Al])([O][Al])C2. The Morgan fingerprint density at radius 1 is 1.28 bits per heavy atom. The fourth-order valence-corrected chi connectivity index (χ4v) is 4.49. The van der Waals surface area contributed by atoms with Gasteiger partial charge in [0, 0.05) is 18.4 Å². The van der Waals surface area contributed by atoms with Crippen molar-refractivity contribution in [3.05, 3.63) is 0 Å². The molecule has 2 aliphatic carbocycles. The predicted molar refractivity (Wildman–Crippen MR) is 72.9 cm³/mol. The summed E-state index contributed by atoms with van der Waals surface area (Å²) < 4.78 is 10.8. The van der Waals surface area contributed by atoms with Crippen molar-refractivity contribution < 1.29 is 7.58 Å². The Kier molecular flexibility index (Phi) is 4.27. The van der Waals surface area contributed by atoms with Crippen LogP contribution in [0, 0.1) is 28.6 Å². The molecule has 4 heteroatoms. The first kappa shape index (κ1) is 14.9. The van der Waals surface area contributed by atoms with Gasteiger partial charge in [0.2, 0.25) is 0 Å². The lowest BCUT2D eigenvalue weighted by Crippen LogP contribution is -2.48. The van der Waals surface area contributed by atoms with Crippen molar-refractivity contribution in [2.75, 3.05) is 6.61 Å². The summed E-state index contributed by atoms with van der Waals surface area (Å²) >= 11 is 4.72. The third kappa shape index (κ3) is 1.93. The molecule has 2 aliphatic rings. The Bertz CT molecular complexity index is 385. The maximum Gasteiger partial charge on any atom is 0.371 e. The fourth-order valence-electron chi connectivity index (χ4n) is 3.96. The van der Waals surface area contributed by atoms with E-state index in [1.54, 1.807) is 0 Å². The Labute approximate surface area is 128 Å². The van der Waals surface area contributed by atoms with E-state index in [1.165, 1.54) is 12.8 Å². The molecule has 0 amide bonds. The third-order valence-corrected chi connectivity index (χ3v) is 6.34. The highest BCUT2D eigenvalue weighted by Crippen LogP contribution is 2.70. The van der Waals surface area contributed by atoms with Crippen LogP contribution in [0.2, 0.25) is 0 Å². The van der Waals surface area contributed by atoms with Crippen LogP contribution in [0.3, 0.4) is 0 Å². The molecule has 0 unspecified atom stereocenters. The average molecular weight is 274 g/mol. The zero-order valence-corrected chi connectivity index (χ0v) is 13.9. The molecule has 2 rings (SSSR count). The van der Waals surface area contributed by atoms with Crippen molar-refractivity contribution in [2.45, 2.75) is 52.1 Å². The topological polar surface area (TPSA) is 18.5 Å². The van der Waals surface area contributed by atoms with E-state index >= 15 is 0 Å². The zero-order chi connectivity index (χ0) is 13.4. The molecule has 0 heterocycles. The van der Waals surface area contributed by atoms with Crippen LogP contribution in [0.25, 0.3) is 0 Å². The normalized spacial score (nSPS) is 40.5. The van der Waals surface area contributed by atoms with Crippen LogP contribution in [-0.4, -0.2) is 45.5 Å². The summed E-state index contributed by atoms with van der Waals surface area (Å²) in [5.74, 6) is 7.40. The van der Waals surface area contributed by atoms with Crippen LogP contribution in [0.1, 0.15) is 46.5 Å². The molecule has 0 aromatic heterocycles. The summed E-state index contributed by atoms with van der Waals surface area (Å²) in [4.78, 5) is 0. The number of fused-ring (bicyclic) bond motifs is 2. The van der Waals surface area contributed by atoms with E-state index < -0.39 is 0 Å². The molecular weight excluding hydrogens is 254 g/mol. The lowest BCUT2D eigenvalue weighted by atomic mass is 9.64. The van der Waals surface area contributed by atoms with Crippen molar-refractivity contribution in [3.63, 3.8) is 0 Å². The number of hydrogen-bond acceptors (Lipinski definition) is 2. The summed E-state index contributed by atoms with van der Waals surface area (Å²) in [5.41, 5.74) is 0.182. The Morgan fingerprint density at radius 2 is 2.00 bits per heavy atom. The quantitative estimate of drug-likeness (QED) is 0.446. The molecule has 0 aromatic rings. The number of rotatable bonds is 3. The maximum absolute atomic E-state index is 5.85. The lowest BCUT2D eigenvalue weighted by molar-refractivity contribution is -0.0182. The van der Waals surface area contributed by atoms with Gasteiger partial charge in [-0.05, 0) is 30.6 Å². The van der Waals surface area contributed by atoms with Gasteiger partial charge in [-0.3, -0.25) is 0 Å². The van der Waals surface area contributed by atoms with E-state index in [2.05, 4.69) is 65.9 Å². The Hall–Kier alpha value is 0.545. The molecule has 4 radical (unpaired) electrons. The van der Waals surface area contributed by atoms with E-state index in [1.807, 2.05) is 0 Å². The van der Waals surface area contributed by atoms with E-state index in [0.29, 0.717) is 12.0 Å². The molecule has 3 atom stereocenters. The van der Waals surface area contributed by atoms with Gasteiger partial charge in [0.1, 0.15) is 5.60 Å². The predicted octanol–water partition coefficient (Wildman–Crippen LogP) is 2.17. The molecule has 0 spiro atoms. The summed E-state index contributed by atoms with van der Waals surface area (Å²) in [6.07, 6.45) is 4.36. The first-order chi connectivity index (χ1) is 8.43. The van der Waals surface area contributed by atoms with Crippen LogP contribution < -0.4 is 0 Å². The smallest absolute Gasteiger partial charge is 0.371 e. The van der Waals surface area contributed by atoms with Crippen LogP contribution in [0.4, 0.5) is 0 Å². The molecule has 2 fully saturated rings. The van der Waals surface area contributed by atoms with E-state index in [4.69, 9.17) is 7.58 Å². The highest BCUT2D eigenvalue weighted by atomic mass is 27.1. The second-order valence-corrected chi connectivity index (χ2v) is 6.93. The van der Waals surface area contributed by atoms with Crippen LogP contribution in [0.15, 0.2) is 0 Å². The molecule has 2 nitrogen and oxygen atoms in total. The van der Waals surface area contributed by atoms with Gasteiger partial charge in [-0.2, -0.15) is 0 Å². The van der Waals surface area contributed by atoms with E-state index in [0.717, 1.165) is 18.8 Å². The minimum atomic E-state index is -0.287. The molecule has 0 N–H and O–H groups in total. The van der Waals surface area contributed by atoms with E-state index in [9.17, 15) is 0 Å². The molecule has 18 heavy (non-hydrogen) atoms. The average Bonchev–Trinajstić information content (AvgIpc) is 2.66. The van der Waals surface area contributed by atoms with E-state index in [-0.39, 0.29) is 11.0 Å². The molecule has 0 aliphatic heterocycles. The monoisotopic (exact) mass is 274 g/mol. The summed E-state index contributed by atoms with van der Waals surface area (Å²) in [7, 11) is 0. The van der Waals surface area contributed by atoms with Gasteiger partial charge in [0.15, 0.2) is 0 Å². The van der Waals surface area contributed by atoms with Crippen molar-refractivity contribution in [2.24, 2.45) is 16.7 Å². The highest BCUT2D eigenvalue weighted by molar-refractivity contribution is 5.98. The van der Waals surface area contributed by atoms with Gasteiger partial charge in [-0.15, -0.1) is 0 Å². The Morgan fingerprint density at radius 3 is 2.44 bits per heavy atom. The minimum Gasteiger partial charge on any atom is -0.515 e. The second-order valence-electron chi connectivity index (χ2n) is 6.36. The summed E-state index contributed by atoms with van der Waals surface area (Å²) in [6, 6.07) is 0. The van der Waals surface area contributed by atoms with Gasteiger partial charge >= 0.3 is 33.2 Å². The second kappa shape index (κ2) is 5.15. The molecule has 0 saturated heterocycles. The number of hydrogen-bond donors (Lipinski definition) is 0. The van der Waals surface area contributed by atoms with Gasteiger partial charge in [-0.25, -0.2) is 0 Å². The van der Waals surface area contributed by atoms with Gasteiger partial charge in [0.05, 0.1) is 0 Å².